The first-order chi connectivity index (χ1) is 7.96. The summed E-state index contributed by atoms with van der Waals surface area (Å²) in [5.74, 6) is 0.234. The van der Waals surface area contributed by atoms with E-state index in [1.54, 1.807) is 0 Å². The van der Waals surface area contributed by atoms with E-state index in [0.29, 0.717) is 19.0 Å². The van der Waals surface area contributed by atoms with Crippen molar-refractivity contribution < 1.29 is 9.90 Å². The molecule has 3 heteroatoms. The minimum Gasteiger partial charge on any atom is -0.396 e. The minimum atomic E-state index is -0.313. The molecule has 0 aromatic heterocycles. The van der Waals surface area contributed by atoms with Gasteiger partial charge < -0.3 is 10.0 Å². The van der Waals surface area contributed by atoms with E-state index < -0.39 is 0 Å². The van der Waals surface area contributed by atoms with Gasteiger partial charge in [0, 0.05) is 24.6 Å². The molecule has 100 valence electrons. The van der Waals surface area contributed by atoms with E-state index in [4.69, 9.17) is 5.11 Å². The zero-order valence-corrected chi connectivity index (χ0v) is 11.5. The maximum Gasteiger partial charge on any atom is 0.228 e. The summed E-state index contributed by atoms with van der Waals surface area (Å²) in [6, 6.07) is 0.405. The minimum absolute atomic E-state index is 0.167. The Morgan fingerprint density at radius 1 is 1.24 bits per heavy atom. The van der Waals surface area contributed by atoms with E-state index in [0.717, 1.165) is 12.8 Å². The van der Waals surface area contributed by atoms with E-state index in [1.807, 2.05) is 25.7 Å². The number of rotatable bonds is 4. The van der Waals surface area contributed by atoms with Gasteiger partial charge in [-0.15, -0.1) is 0 Å². The van der Waals surface area contributed by atoms with Crippen molar-refractivity contribution in [2.24, 2.45) is 5.41 Å². The molecule has 0 unspecified atom stereocenters. The van der Waals surface area contributed by atoms with E-state index in [2.05, 4.69) is 0 Å². The summed E-state index contributed by atoms with van der Waals surface area (Å²) in [7, 11) is 0. The van der Waals surface area contributed by atoms with Crippen molar-refractivity contribution in [1.29, 1.82) is 0 Å². The molecule has 0 heterocycles. The highest BCUT2D eigenvalue weighted by atomic mass is 16.3. The summed E-state index contributed by atoms with van der Waals surface area (Å²) in [6.45, 7) is 6.80. The van der Waals surface area contributed by atoms with Crippen molar-refractivity contribution in [2.75, 3.05) is 13.2 Å². The van der Waals surface area contributed by atoms with Crippen molar-refractivity contribution >= 4 is 5.91 Å². The fraction of sp³-hybridized carbons (Fsp3) is 0.929. The molecule has 0 aromatic carbocycles. The van der Waals surface area contributed by atoms with Gasteiger partial charge >= 0.3 is 0 Å². The molecule has 1 fully saturated rings. The largest absolute Gasteiger partial charge is 0.396 e. The molecule has 0 aliphatic heterocycles. The molecule has 0 saturated heterocycles. The van der Waals surface area contributed by atoms with Gasteiger partial charge in [-0.25, -0.2) is 0 Å². The molecule has 3 nitrogen and oxygen atoms in total. The van der Waals surface area contributed by atoms with Gasteiger partial charge in [-0.05, 0) is 19.3 Å². The normalized spacial score (nSPS) is 18.1. The maximum absolute atomic E-state index is 12.4. The van der Waals surface area contributed by atoms with Crippen LogP contribution in [0.4, 0.5) is 0 Å². The lowest BCUT2D eigenvalue weighted by molar-refractivity contribution is -0.142. The molecular weight excluding hydrogens is 214 g/mol. The van der Waals surface area contributed by atoms with Crippen LogP contribution >= 0.6 is 0 Å². The summed E-state index contributed by atoms with van der Waals surface area (Å²) in [6.07, 6.45) is 6.72. The van der Waals surface area contributed by atoms with Crippen LogP contribution in [0, 0.1) is 5.41 Å². The Morgan fingerprint density at radius 3 is 2.29 bits per heavy atom. The van der Waals surface area contributed by atoms with Crippen molar-refractivity contribution in [3.05, 3.63) is 0 Å². The predicted octanol–water partition coefficient (Wildman–Crippen LogP) is 2.58. The van der Waals surface area contributed by atoms with Crippen LogP contribution in [-0.2, 0) is 4.79 Å². The van der Waals surface area contributed by atoms with Gasteiger partial charge in [0.05, 0.1) is 0 Å². The second-order valence-corrected chi connectivity index (χ2v) is 6.12. The van der Waals surface area contributed by atoms with Crippen LogP contribution < -0.4 is 0 Å². The zero-order chi connectivity index (χ0) is 12.9. The number of carbonyl (C=O) groups excluding carboxylic acids is 1. The number of carbonyl (C=O) groups is 1. The number of aliphatic hydroxyl groups excluding tert-OH is 1. The van der Waals surface area contributed by atoms with Crippen LogP contribution in [-0.4, -0.2) is 35.1 Å². The van der Waals surface area contributed by atoms with Gasteiger partial charge in [-0.3, -0.25) is 4.79 Å². The Balaban J connectivity index is 2.68. The summed E-state index contributed by atoms with van der Waals surface area (Å²) in [5, 5.41) is 8.96. The first-order valence-electron chi connectivity index (χ1n) is 6.88. The van der Waals surface area contributed by atoms with E-state index >= 15 is 0 Å². The lowest BCUT2D eigenvalue weighted by Gasteiger charge is -2.38. The van der Waals surface area contributed by atoms with Gasteiger partial charge in [-0.2, -0.15) is 0 Å². The molecule has 1 amide bonds. The molecule has 1 aliphatic carbocycles. The Kier molecular flexibility index (Phi) is 5.44. The van der Waals surface area contributed by atoms with Crippen LogP contribution in [0.3, 0.4) is 0 Å². The van der Waals surface area contributed by atoms with Crippen LogP contribution in [0.1, 0.15) is 59.3 Å². The molecule has 1 rings (SSSR count). The Labute approximate surface area is 105 Å². The quantitative estimate of drug-likeness (QED) is 0.822. The zero-order valence-electron chi connectivity index (χ0n) is 11.5. The third-order valence-electron chi connectivity index (χ3n) is 3.48. The summed E-state index contributed by atoms with van der Waals surface area (Å²) < 4.78 is 0. The summed E-state index contributed by atoms with van der Waals surface area (Å²) in [4.78, 5) is 14.4. The lowest BCUT2D eigenvalue weighted by Crippen LogP contribution is -2.47. The van der Waals surface area contributed by atoms with Crippen molar-refractivity contribution in [3.8, 4) is 0 Å². The third kappa shape index (κ3) is 4.30. The number of amides is 1. The van der Waals surface area contributed by atoms with Crippen LogP contribution in [0.5, 0.6) is 0 Å². The molecular formula is C14H27NO2. The molecule has 1 N–H and O–H groups in total. The second kappa shape index (κ2) is 6.39. The van der Waals surface area contributed by atoms with E-state index in [9.17, 15) is 4.79 Å². The first-order valence-corrected chi connectivity index (χ1v) is 6.88. The van der Waals surface area contributed by atoms with Gasteiger partial charge in [-0.1, -0.05) is 40.0 Å². The van der Waals surface area contributed by atoms with E-state index in [1.165, 1.54) is 19.3 Å². The van der Waals surface area contributed by atoms with Crippen LogP contribution in [0.25, 0.3) is 0 Å². The highest BCUT2D eigenvalue weighted by molar-refractivity contribution is 5.81. The molecule has 0 aromatic rings. The van der Waals surface area contributed by atoms with Crippen molar-refractivity contribution in [1.82, 2.24) is 4.90 Å². The van der Waals surface area contributed by atoms with Gasteiger partial charge in [0.1, 0.15) is 0 Å². The molecule has 17 heavy (non-hydrogen) atoms. The maximum atomic E-state index is 12.4. The molecule has 1 saturated carbocycles. The lowest BCUT2D eigenvalue weighted by atomic mass is 9.89. The summed E-state index contributed by atoms with van der Waals surface area (Å²) in [5.41, 5.74) is -0.313. The van der Waals surface area contributed by atoms with Crippen molar-refractivity contribution in [3.63, 3.8) is 0 Å². The molecule has 0 radical (unpaired) electrons. The standard InChI is InChI=1S/C14H27NO2/c1-14(2,3)13(17)15(10-7-11-16)12-8-5-4-6-9-12/h12,16H,4-11H2,1-3H3. The number of aliphatic hydroxyl groups is 1. The van der Waals surface area contributed by atoms with Crippen LogP contribution in [0.15, 0.2) is 0 Å². The molecule has 0 atom stereocenters. The van der Waals surface area contributed by atoms with Crippen molar-refractivity contribution in [2.45, 2.75) is 65.3 Å². The highest BCUT2D eigenvalue weighted by Gasteiger charge is 2.32. The number of hydrogen-bond donors (Lipinski definition) is 1. The Hall–Kier alpha value is -0.570. The topological polar surface area (TPSA) is 40.5 Å². The third-order valence-corrected chi connectivity index (χ3v) is 3.48. The molecule has 0 bridgehead atoms. The number of nitrogens with zero attached hydrogens (tertiary/aromatic N) is 1. The average Bonchev–Trinajstić information content (AvgIpc) is 2.29. The van der Waals surface area contributed by atoms with Gasteiger partial charge in [0.2, 0.25) is 5.91 Å². The smallest absolute Gasteiger partial charge is 0.228 e. The van der Waals surface area contributed by atoms with Gasteiger partial charge in [0.25, 0.3) is 0 Å². The SMILES string of the molecule is CC(C)(C)C(=O)N(CCCO)C1CCCCC1. The fourth-order valence-corrected chi connectivity index (χ4v) is 2.51. The monoisotopic (exact) mass is 241 g/mol. The second-order valence-electron chi connectivity index (χ2n) is 6.12. The average molecular weight is 241 g/mol. The highest BCUT2D eigenvalue weighted by Crippen LogP contribution is 2.27. The Morgan fingerprint density at radius 2 is 1.82 bits per heavy atom. The van der Waals surface area contributed by atoms with Gasteiger partial charge in [0.15, 0.2) is 0 Å². The Bertz CT molecular complexity index is 239. The summed E-state index contributed by atoms with van der Waals surface area (Å²) >= 11 is 0. The molecule has 1 aliphatic rings. The fourth-order valence-electron chi connectivity index (χ4n) is 2.51. The van der Waals surface area contributed by atoms with E-state index in [-0.39, 0.29) is 17.9 Å². The number of hydrogen-bond acceptors (Lipinski definition) is 2. The van der Waals surface area contributed by atoms with Crippen LogP contribution in [0.2, 0.25) is 0 Å². The first kappa shape index (κ1) is 14.5. The molecule has 0 spiro atoms. The predicted molar refractivity (Wildman–Crippen MR) is 69.7 cm³/mol.